The number of ether oxygens (including phenoxy) is 1. The Bertz CT molecular complexity index is 457. The Morgan fingerprint density at radius 3 is 1.85 bits per heavy atom. The molecule has 0 bridgehead atoms. The van der Waals surface area contributed by atoms with Crippen LogP contribution in [0.2, 0.25) is 0 Å². The Labute approximate surface area is 122 Å². The highest BCUT2D eigenvalue weighted by atomic mass is 16.7. The lowest BCUT2D eigenvalue weighted by Crippen LogP contribution is -2.47. The molecular formula is C17H27NO2. The van der Waals surface area contributed by atoms with Gasteiger partial charge < -0.3 is 4.74 Å². The number of benzene rings is 1. The fourth-order valence-electron chi connectivity index (χ4n) is 3.07. The predicted octanol–water partition coefficient (Wildman–Crippen LogP) is 3.83. The Morgan fingerprint density at radius 2 is 1.45 bits per heavy atom. The van der Waals surface area contributed by atoms with Crippen molar-refractivity contribution in [1.29, 1.82) is 0 Å². The van der Waals surface area contributed by atoms with Gasteiger partial charge in [-0.3, -0.25) is 4.84 Å². The summed E-state index contributed by atoms with van der Waals surface area (Å²) in [6.07, 6.45) is 0. The fraction of sp³-hybridized carbons (Fsp3) is 0.647. The third kappa shape index (κ3) is 2.39. The van der Waals surface area contributed by atoms with E-state index in [1.165, 1.54) is 11.1 Å². The number of hydroxylamine groups is 2. The van der Waals surface area contributed by atoms with Gasteiger partial charge >= 0.3 is 0 Å². The van der Waals surface area contributed by atoms with Crippen molar-refractivity contribution >= 4 is 0 Å². The molecule has 1 heterocycles. The van der Waals surface area contributed by atoms with Gasteiger partial charge in [0.2, 0.25) is 0 Å². The van der Waals surface area contributed by atoms with Gasteiger partial charge in [-0.15, -0.1) is 0 Å². The summed E-state index contributed by atoms with van der Waals surface area (Å²) in [6.45, 7) is 13.4. The SMILES string of the molecule is COC(C)(C)CON1C(C)(C)c2ccccc2C1(C)C. The summed E-state index contributed by atoms with van der Waals surface area (Å²) in [5.41, 5.74) is 2.08. The van der Waals surface area contributed by atoms with Gasteiger partial charge in [0, 0.05) is 7.11 Å². The van der Waals surface area contributed by atoms with Gasteiger partial charge in [-0.1, -0.05) is 24.3 Å². The van der Waals surface area contributed by atoms with E-state index in [1.807, 2.05) is 13.8 Å². The molecule has 0 saturated carbocycles. The molecule has 0 aromatic heterocycles. The normalized spacial score (nSPS) is 20.9. The molecule has 0 fully saturated rings. The first-order valence-electron chi connectivity index (χ1n) is 7.21. The molecule has 0 saturated heterocycles. The third-order valence-electron chi connectivity index (χ3n) is 4.35. The molecule has 0 unspecified atom stereocenters. The molecule has 1 aromatic carbocycles. The molecule has 0 amide bonds. The van der Waals surface area contributed by atoms with E-state index in [0.717, 1.165) is 0 Å². The van der Waals surface area contributed by atoms with E-state index in [1.54, 1.807) is 7.11 Å². The van der Waals surface area contributed by atoms with Crippen LogP contribution >= 0.6 is 0 Å². The van der Waals surface area contributed by atoms with E-state index in [0.29, 0.717) is 6.61 Å². The molecule has 3 heteroatoms. The zero-order valence-corrected chi connectivity index (χ0v) is 13.8. The number of methoxy groups -OCH3 is 1. The second-order valence-electron chi connectivity index (χ2n) is 7.20. The van der Waals surface area contributed by atoms with Crippen LogP contribution < -0.4 is 0 Å². The first kappa shape index (κ1) is 15.5. The quantitative estimate of drug-likeness (QED) is 0.835. The summed E-state index contributed by atoms with van der Waals surface area (Å²) in [4.78, 5) is 6.18. The van der Waals surface area contributed by atoms with Gasteiger partial charge in [-0.05, 0) is 52.7 Å². The monoisotopic (exact) mass is 277 g/mol. The Balaban J connectivity index is 2.31. The topological polar surface area (TPSA) is 21.7 Å². The molecule has 0 atom stereocenters. The van der Waals surface area contributed by atoms with E-state index >= 15 is 0 Å². The summed E-state index contributed by atoms with van der Waals surface area (Å²) in [7, 11) is 1.72. The second-order valence-corrected chi connectivity index (χ2v) is 7.20. The molecule has 112 valence electrons. The molecule has 1 aromatic rings. The summed E-state index contributed by atoms with van der Waals surface area (Å²) in [5, 5.41) is 2.12. The standard InChI is InChI=1S/C17H27NO2/c1-15(2,19-7)12-20-18-16(3,4)13-10-8-9-11-14(13)17(18,5)6/h8-11H,12H2,1-7H3. The summed E-state index contributed by atoms with van der Waals surface area (Å²) >= 11 is 0. The highest BCUT2D eigenvalue weighted by Crippen LogP contribution is 2.49. The van der Waals surface area contributed by atoms with Crippen LogP contribution in [0.4, 0.5) is 0 Å². The van der Waals surface area contributed by atoms with E-state index in [-0.39, 0.29) is 16.7 Å². The Kier molecular flexibility index (Phi) is 3.74. The molecule has 1 aliphatic heterocycles. The Hall–Kier alpha value is -0.900. The highest BCUT2D eigenvalue weighted by molar-refractivity contribution is 5.42. The van der Waals surface area contributed by atoms with E-state index in [4.69, 9.17) is 9.57 Å². The van der Waals surface area contributed by atoms with Crippen LogP contribution in [0.3, 0.4) is 0 Å². The Morgan fingerprint density at radius 1 is 1.00 bits per heavy atom. The average molecular weight is 277 g/mol. The largest absolute Gasteiger partial charge is 0.376 e. The van der Waals surface area contributed by atoms with Crippen LogP contribution in [0, 0.1) is 0 Å². The molecule has 0 N–H and O–H groups in total. The van der Waals surface area contributed by atoms with Crippen molar-refractivity contribution in [1.82, 2.24) is 5.06 Å². The van der Waals surface area contributed by atoms with E-state index in [2.05, 4.69) is 57.0 Å². The van der Waals surface area contributed by atoms with E-state index in [9.17, 15) is 0 Å². The second kappa shape index (κ2) is 4.83. The lowest BCUT2D eigenvalue weighted by atomic mass is 9.91. The van der Waals surface area contributed by atoms with Gasteiger partial charge in [-0.2, -0.15) is 5.06 Å². The van der Waals surface area contributed by atoms with E-state index < -0.39 is 0 Å². The van der Waals surface area contributed by atoms with Crippen LogP contribution in [-0.2, 0) is 20.7 Å². The molecule has 0 spiro atoms. The highest BCUT2D eigenvalue weighted by Gasteiger charge is 2.50. The molecule has 2 rings (SSSR count). The first-order chi connectivity index (χ1) is 9.13. The number of hydrogen-bond acceptors (Lipinski definition) is 3. The lowest BCUT2D eigenvalue weighted by molar-refractivity contribution is -0.281. The summed E-state index contributed by atoms with van der Waals surface area (Å²) in [6, 6.07) is 8.59. The fourth-order valence-corrected chi connectivity index (χ4v) is 3.07. The minimum atomic E-state index is -0.291. The minimum absolute atomic E-state index is 0.149. The van der Waals surface area contributed by atoms with Gasteiger partial charge in [0.25, 0.3) is 0 Å². The molecule has 20 heavy (non-hydrogen) atoms. The lowest BCUT2D eigenvalue weighted by Gasteiger charge is -2.41. The predicted molar refractivity (Wildman–Crippen MR) is 81.4 cm³/mol. The van der Waals surface area contributed by atoms with Crippen LogP contribution in [0.25, 0.3) is 0 Å². The van der Waals surface area contributed by atoms with Crippen LogP contribution in [0.1, 0.15) is 52.7 Å². The van der Waals surface area contributed by atoms with Crippen LogP contribution in [-0.4, -0.2) is 24.4 Å². The smallest absolute Gasteiger partial charge is 0.0970 e. The molecular weight excluding hydrogens is 250 g/mol. The van der Waals surface area contributed by atoms with Crippen LogP contribution in [0.15, 0.2) is 24.3 Å². The average Bonchev–Trinajstić information content (AvgIpc) is 2.52. The maximum Gasteiger partial charge on any atom is 0.0970 e. The van der Waals surface area contributed by atoms with Crippen molar-refractivity contribution in [2.75, 3.05) is 13.7 Å². The zero-order valence-electron chi connectivity index (χ0n) is 13.8. The maximum absolute atomic E-state index is 6.18. The molecule has 0 radical (unpaired) electrons. The number of nitrogens with zero attached hydrogens (tertiary/aromatic N) is 1. The number of fused-ring (bicyclic) bond motifs is 1. The van der Waals surface area contributed by atoms with Crippen molar-refractivity contribution < 1.29 is 9.57 Å². The maximum atomic E-state index is 6.18. The third-order valence-corrected chi connectivity index (χ3v) is 4.35. The van der Waals surface area contributed by atoms with Crippen molar-refractivity contribution in [2.45, 2.75) is 58.2 Å². The van der Waals surface area contributed by atoms with Crippen molar-refractivity contribution in [3.8, 4) is 0 Å². The zero-order chi connectivity index (χ0) is 15.2. The molecule has 1 aliphatic rings. The number of rotatable bonds is 4. The van der Waals surface area contributed by atoms with Crippen LogP contribution in [0.5, 0.6) is 0 Å². The van der Waals surface area contributed by atoms with Gasteiger partial charge in [0.05, 0.1) is 23.3 Å². The van der Waals surface area contributed by atoms with Gasteiger partial charge in [-0.25, -0.2) is 0 Å². The van der Waals surface area contributed by atoms with Crippen molar-refractivity contribution in [3.63, 3.8) is 0 Å². The van der Waals surface area contributed by atoms with Crippen molar-refractivity contribution in [2.24, 2.45) is 0 Å². The minimum Gasteiger partial charge on any atom is -0.376 e. The van der Waals surface area contributed by atoms with Gasteiger partial charge in [0.15, 0.2) is 0 Å². The number of hydrogen-bond donors (Lipinski definition) is 0. The molecule has 3 nitrogen and oxygen atoms in total. The first-order valence-corrected chi connectivity index (χ1v) is 7.21. The summed E-state index contributed by atoms with van der Waals surface area (Å²) in [5.74, 6) is 0. The molecule has 0 aliphatic carbocycles. The summed E-state index contributed by atoms with van der Waals surface area (Å²) < 4.78 is 5.46. The van der Waals surface area contributed by atoms with Crippen molar-refractivity contribution in [3.05, 3.63) is 35.4 Å². The van der Waals surface area contributed by atoms with Gasteiger partial charge in [0.1, 0.15) is 0 Å².